The summed E-state index contributed by atoms with van der Waals surface area (Å²) >= 11 is 7.19. The van der Waals surface area contributed by atoms with E-state index in [4.69, 9.17) is 11.6 Å². The van der Waals surface area contributed by atoms with Crippen molar-refractivity contribution in [2.24, 2.45) is 0 Å². The van der Waals surface area contributed by atoms with Gasteiger partial charge in [-0.05, 0) is 6.26 Å². The average molecular weight is 290 g/mol. The molecule has 2 atom stereocenters. The first kappa shape index (κ1) is 13.5. The number of aromatic nitrogens is 2. The molecule has 0 aromatic carbocycles. The molecule has 1 aliphatic heterocycles. The van der Waals surface area contributed by atoms with Crippen LogP contribution < -0.4 is 0 Å². The largest absolute Gasteiger partial charge is 0.388 e. The van der Waals surface area contributed by atoms with Crippen LogP contribution in [0.3, 0.4) is 0 Å². The van der Waals surface area contributed by atoms with E-state index in [1.54, 1.807) is 6.26 Å². The van der Waals surface area contributed by atoms with Crippen molar-refractivity contribution in [1.29, 1.82) is 0 Å². The Hall–Kier alpha value is -0.890. The van der Waals surface area contributed by atoms with Crippen LogP contribution in [0.2, 0.25) is 5.02 Å². The van der Waals surface area contributed by atoms with E-state index in [2.05, 4.69) is 9.97 Å². The van der Waals surface area contributed by atoms with Crippen molar-refractivity contribution >= 4 is 29.3 Å². The van der Waals surface area contributed by atoms with Gasteiger partial charge in [0.2, 0.25) is 0 Å². The highest BCUT2D eigenvalue weighted by atomic mass is 35.5. The molecule has 2 rings (SSSR count). The number of thioether (sulfide) groups is 1. The van der Waals surface area contributed by atoms with Crippen LogP contribution in [0, 0.1) is 0 Å². The van der Waals surface area contributed by atoms with E-state index < -0.39 is 18.1 Å². The molecule has 6 nitrogen and oxygen atoms in total. The third-order valence-corrected chi connectivity index (χ3v) is 3.49. The fraction of sp³-hybridized carbons (Fsp3) is 0.500. The van der Waals surface area contributed by atoms with Crippen molar-refractivity contribution in [2.45, 2.75) is 17.4 Å². The Bertz CT molecular complexity index is 464. The summed E-state index contributed by atoms with van der Waals surface area (Å²) in [6.07, 6.45) is 1.32. The summed E-state index contributed by atoms with van der Waals surface area (Å²) in [7, 11) is 0. The molecule has 18 heavy (non-hydrogen) atoms. The predicted octanol–water partition coefficient (Wildman–Crippen LogP) is 0.0295. The van der Waals surface area contributed by atoms with Gasteiger partial charge in [-0.2, -0.15) is 0 Å². The first-order valence-corrected chi connectivity index (χ1v) is 6.85. The maximum atomic E-state index is 12.1. The molecule has 8 heteroatoms. The Morgan fingerprint density at radius 3 is 2.67 bits per heavy atom. The number of hydrogen-bond acceptors (Lipinski definition) is 6. The lowest BCUT2D eigenvalue weighted by molar-refractivity contribution is 0.0572. The maximum absolute atomic E-state index is 12.1. The Morgan fingerprint density at radius 1 is 1.50 bits per heavy atom. The quantitative estimate of drug-likeness (QED) is 0.590. The topological polar surface area (TPSA) is 86.6 Å². The molecular formula is C10H12ClN3O3S. The fourth-order valence-electron chi connectivity index (χ4n) is 1.68. The van der Waals surface area contributed by atoms with Crippen LogP contribution >= 0.6 is 23.4 Å². The number of likely N-dealkylation sites (tertiary alicyclic amines) is 1. The zero-order valence-electron chi connectivity index (χ0n) is 9.58. The van der Waals surface area contributed by atoms with Gasteiger partial charge in [0.25, 0.3) is 5.91 Å². The number of nitrogens with zero attached hydrogens (tertiary/aromatic N) is 3. The van der Waals surface area contributed by atoms with E-state index in [-0.39, 0.29) is 23.8 Å². The second kappa shape index (κ2) is 5.40. The number of amides is 1. The lowest BCUT2D eigenvalue weighted by Gasteiger charge is -2.15. The molecule has 1 amide bonds. The summed E-state index contributed by atoms with van der Waals surface area (Å²) in [6.45, 7) is 0.157. The average Bonchev–Trinajstić information content (AvgIpc) is 2.69. The molecule has 1 aromatic heterocycles. The van der Waals surface area contributed by atoms with E-state index in [1.165, 1.54) is 22.9 Å². The van der Waals surface area contributed by atoms with Gasteiger partial charge in [0.05, 0.1) is 23.4 Å². The summed E-state index contributed by atoms with van der Waals surface area (Å²) in [6, 6.07) is 0. The molecule has 1 aromatic rings. The van der Waals surface area contributed by atoms with Crippen molar-refractivity contribution in [3.8, 4) is 0 Å². The number of aliphatic hydroxyl groups excluding tert-OH is 2. The maximum Gasteiger partial charge on any atom is 0.274 e. The predicted molar refractivity (Wildman–Crippen MR) is 66.7 cm³/mol. The second-order valence-electron chi connectivity index (χ2n) is 3.90. The summed E-state index contributed by atoms with van der Waals surface area (Å²) in [4.78, 5) is 21.5. The van der Waals surface area contributed by atoms with Crippen LogP contribution in [0.15, 0.2) is 11.4 Å². The van der Waals surface area contributed by atoms with Gasteiger partial charge >= 0.3 is 0 Å². The molecule has 0 spiro atoms. The molecule has 0 radical (unpaired) electrons. The Kier molecular flexibility index (Phi) is 4.06. The number of carbonyl (C=O) groups excluding carboxylic acids is 1. The number of aliphatic hydroxyl groups is 2. The van der Waals surface area contributed by atoms with Crippen LogP contribution in [0.1, 0.15) is 10.5 Å². The van der Waals surface area contributed by atoms with Crippen LogP contribution in [0.5, 0.6) is 0 Å². The Balaban J connectivity index is 2.23. The third-order valence-electron chi connectivity index (χ3n) is 2.65. The number of β-amino-alcohol motifs (C(OH)–C–C–N with tert-alkyl or cyclic N) is 2. The van der Waals surface area contributed by atoms with Gasteiger partial charge in [-0.15, -0.1) is 0 Å². The smallest absolute Gasteiger partial charge is 0.274 e. The van der Waals surface area contributed by atoms with Gasteiger partial charge < -0.3 is 15.1 Å². The van der Waals surface area contributed by atoms with Crippen molar-refractivity contribution in [3.05, 3.63) is 16.9 Å². The molecule has 98 valence electrons. The second-order valence-corrected chi connectivity index (χ2v) is 5.08. The molecule has 0 aliphatic carbocycles. The van der Waals surface area contributed by atoms with E-state index in [0.717, 1.165) is 0 Å². The van der Waals surface area contributed by atoms with E-state index in [1.807, 2.05) is 0 Å². The molecule has 0 bridgehead atoms. The molecular weight excluding hydrogens is 278 g/mol. The Labute approximate surface area is 113 Å². The zero-order valence-corrected chi connectivity index (χ0v) is 11.1. The van der Waals surface area contributed by atoms with Crippen LogP contribution in [0.4, 0.5) is 0 Å². The summed E-state index contributed by atoms with van der Waals surface area (Å²) in [5, 5.41) is 19.4. The summed E-state index contributed by atoms with van der Waals surface area (Å²) in [5.41, 5.74) is 0.0947. The van der Waals surface area contributed by atoms with Gasteiger partial charge in [-0.1, -0.05) is 23.4 Å². The highest BCUT2D eigenvalue weighted by Crippen LogP contribution is 2.20. The molecule has 2 N–H and O–H groups in total. The van der Waals surface area contributed by atoms with E-state index in [9.17, 15) is 15.0 Å². The number of rotatable bonds is 2. The zero-order chi connectivity index (χ0) is 13.3. The van der Waals surface area contributed by atoms with Gasteiger partial charge in [0.15, 0.2) is 10.9 Å². The van der Waals surface area contributed by atoms with Crippen molar-refractivity contribution in [3.63, 3.8) is 0 Å². The Morgan fingerprint density at radius 2 is 2.11 bits per heavy atom. The lowest BCUT2D eigenvalue weighted by atomic mass is 10.3. The lowest BCUT2D eigenvalue weighted by Crippen LogP contribution is -2.31. The fourth-order valence-corrected chi connectivity index (χ4v) is 2.20. The van der Waals surface area contributed by atoms with Crippen molar-refractivity contribution in [2.75, 3.05) is 19.3 Å². The number of halogens is 1. The van der Waals surface area contributed by atoms with E-state index >= 15 is 0 Å². The van der Waals surface area contributed by atoms with E-state index in [0.29, 0.717) is 5.16 Å². The first-order chi connectivity index (χ1) is 8.52. The molecule has 1 aliphatic rings. The van der Waals surface area contributed by atoms with Gasteiger partial charge in [0, 0.05) is 13.1 Å². The van der Waals surface area contributed by atoms with Gasteiger partial charge in [-0.25, -0.2) is 9.97 Å². The third kappa shape index (κ3) is 2.59. The highest BCUT2D eigenvalue weighted by molar-refractivity contribution is 7.98. The number of carbonyl (C=O) groups is 1. The van der Waals surface area contributed by atoms with Crippen LogP contribution in [-0.4, -0.2) is 62.5 Å². The molecule has 1 fully saturated rings. The SMILES string of the molecule is CSc1ncc(Cl)c(C(=O)N2CC(O)C(O)C2)n1. The normalized spacial score (nSPS) is 23.4. The summed E-state index contributed by atoms with van der Waals surface area (Å²) < 4.78 is 0. The standard InChI is InChI=1S/C10H12ClN3O3S/c1-18-10-12-2-5(11)8(13-10)9(17)14-3-6(15)7(16)4-14/h2,6-7,15-16H,3-4H2,1H3. The number of hydrogen-bond donors (Lipinski definition) is 2. The molecule has 1 saturated heterocycles. The van der Waals surface area contributed by atoms with Gasteiger partial charge in [0.1, 0.15) is 0 Å². The molecule has 2 unspecified atom stereocenters. The first-order valence-electron chi connectivity index (χ1n) is 5.25. The van der Waals surface area contributed by atoms with Crippen molar-refractivity contribution < 1.29 is 15.0 Å². The molecule has 0 saturated carbocycles. The minimum absolute atomic E-state index is 0.0783. The molecule has 2 heterocycles. The van der Waals surface area contributed by atoms with Crippen LogP contribution in [-0.2, 0) is 0 Å². The minimum Gasteiger partial charge on any atom is -0.388 e. The summed E-state index contributed by atoms with van der Waals surface area (Å²) in [5.74, 6) is -0.409. The highest BCUT2D eigenvalue weighted by Gasteiger charge is 2.34. The minimum atomic E-state index is -0.922. The van der Waals surface area contributed by atoms with Crippen molar-refractivity contribution in [1.82, 2.24) is 14.9 Å². The van der Waals surface area contributed by atoms with Gasteiger partial charge in [-0.3, -0.25) is 4.79 Å². The van der Waals surface area contributed by atoms with Crippen LogP contribution in [0.25, 0.3) is 0 Å². The monoisotopic (exact) mass is 289 g/mol.